The van der Waals surface area contributed by atoms with Crippen LogP contribution in [-0.2, 0) is 6.54 Å². The van der Waals surface area contributed by atoms with E-state index in [4.69, 9.17) is 9.15 Å². The summed E-state index contributed by atoms with van der Waals surface area (Å²) in [6.07, 6.45) is 4.56. The highest BCUT2D eigenvalue weighted by Crippen LogP contribution is 2.32. The smallest absolute Gasteiger partial charge is 0.295 e. The molecule has 0 radical (unpaired) electrons. The summed E-state index contributed by atoms with van der Waals surface area (Å²) in [5.74, 6) is 0.945. The van der Waals surface area contributed by atoms with E-state index in [0.717, 1.165) is 55.9 Å². The summed E-state index contributed by atoms with van der Waals surface area (Å²) in [4.78, 5) is 7.18. The predicted octanol–water partition coefficient (Wildman–Crippen LogP) is 6.45. The van der Waals surface area contributed by atoms with Crippen LogP contribution in [-0.4, -0.2) is 42.7 Å². The number of unbranched alkanes of at least 4 members (excludes halogenated alkanes) is 1. The van der Waals surface area contributed by atoms with E-state index >= 15 is 0 Å². The molecular formula is C30H37ClN4O2. The number of fused-ring (bicyclic) bond motifs is 1. The monoisotopic (exact) mass is 520 g/mol. The molecule has 4 aromatic rings. The van der Waals surface area contributed by atoms with Gasteiger partial charge in [-0.15, -0.1) is 12.4 Å². The minimum atomic E-state index is 0. The van der Waals surface area contributed by atoms with E-state index in [9.17, 15) is 0 Å². The van der Waals surface area contributed by atoms with Crippen LogP contribution in [0.25, 0.3) is 11.1 Å². The molecule has 6 nitrogen and oxygen atoms in total. The zero-order valence-electron chi connectivity index (χ0n) is 21.4. The second kappa shape index (κ2) is 13.5. The molecule has 0 aliphatic carbocycles. The highest BCUT2D eigenvalue weighted by atomic mass is 35.5. The first-order chi connectivity index (χ1) is 17.8. The first kappa shape index (κ1) is 27.0. The molecule has 1 fully saturated rings. The molecule has 0 spiro atoms. The standard InChI is InChI=1S/C30H36N4O2.ClH/c1-35-27-17-7-5-14-24(27)22-32-26-16-11-21-34(29(26)23-12-3-2-4-13-23)20-10-9-19-31-30-33-25-15-6-8-18-28(25)36-30;/h2-8,12-15,17-18,26,29,32H,9-11,16,19-22H2,1H3,(H,31,33);1H/t26-,29-;/m0./s1. The fraction of sp³-hybridized carbons (Fsp3) is 0.367. The lowest BCUT2D eigenvalue weighted by atomic mass is 9.89. The molecule has 1 aromatic heterocycles. The van der Waals surface area contributed by atoms with Crippen LogP contribution in [0.1, 0.15) is 42.9 Å². The minimum Gasteiger partial charge on any atom is -0.496 e. The summed E-state index contributed by atoms with van der Waals surface area (Å²) in [5.41, 5.74) is 4.31. The van der Waals surface area contributed by atoms with Crippen molar-refractivity contribution in [2.45, 2.75) is 44.3 Å². The number of hydrogen-bond acceptors (Lipinski definition) is 6. The number of benzene rings is 3. The van der Waals surface area contributed by atoms with Crippen LogP contribution in [0.5, 0.6) is 5.75 Å². The number of rotatable bonds is 11. The number of methoxy groups -OCH3 is 1. The number of likely N-dealkylation sites (tertiary alicyclic amines) is 1. The van der Waals surface area contributed by atoms with Crippen molar-refractivity contribution in [3.05, 3.63) is 90.0 Å². The second-order valence-electron chi connectivity index (χ2n) is 9.45. The lowest BCUT2D eigenvalue weighted by Gasteiger charge is -2.42. The summed E-state index contributed by atoms with van der Waals surface area (Å²) in [6.45, 7) is 3.86. The topological polar surface area (TPSA) is 62.6 Å². The Kier molecular flexibility index (Phi) is 9.83. The van der Waals surface area contributed by atoms with Crippen LogP contribution in [0.15, 0.2) is 83.3 Å². The van der Waals surface area contributed by atoms with Crippen LogP contribution >= 0.6 is 12.4 Å². The molecular weight excluding hydrogens is 484 g/mol. The van der Waals surface area contributed by atoms with Gasteiger partial charge in [-0.3, -0.25) is 4.90 Å². The molecule has 3 aromatic carbocycles. The highest BCUT2D eigenvalue weighted by molar-refractivity contribution is 5.85. The predicted molar refractivity (Wildman–Crippen MR) is 153 cm³/mol. The average Bonchev–Trinajstić information content (AvgIpc) is 3.35. The number of piperidine rings is 1. The van der Waals surface area contributed by atoms with Crippen LogP contribution in [0.4, 0.5) is 6.01 Å². The van der Waals surface area contributed by atoms with Gasteiger partial charge >= 0.3 is 0 Å². The Morgan fingerprint density at radius 1 is 0.973 bits per heavy atom. The maximum Gasteiger partial charge on any atom is 0.295 e. The van der Waals surface area contributed by atoms with Crippen molar-refractivity contribution < 1.29 is 9.15 Å². The molecule has 196 valence electrons. The van der Waals surface area contributed by atoms with Crippen molar-refractivity contribution in [3.63, 3.8) is 0 Å². The van der Waals surface area contributed by atoms with Gasteiger partial charge in [-0.2, -0.15) is 4.98 Å². The maximum absolute atomic E-state index is 5.78. The van der Waals surface area contributed by atoms with E-state index in [1.54, 1.807) is 7.11 Å². The number of anilines is 1. The molecule has 1 aliphatic rings. The van der Waals surface area contributed by atoms with E-state index in [-0.39, 0.29) is 12.4 Å². The second-order valence-corrected chi connectivity index (χ2v) is 9.45. The van der Waals surface area contributed by atoms with E-state index in [1.807, 2.05) is 36.4 Å². The van der Waals surface area contributed by atoms with Gasteiger partial charge in [0.25, 0.3) is 6.01 Å². The van der Waals surface area contributed by atoms with Gasteiger partial charge in [-0.1, -0.05) is 60.7 Å². The molecule has 37 heavy (non-hydrogen) atoms. The number of ether oxygens (including phenoxy) is 1. The molecule has 5 rings (SSSR count). The summed E-state index contributed by atoms with van der Waals surface area (Å²) >= 11 is 0. The largest absolute Gasteiger partial charge is 0.496 e. The van der Waals surface area contributed by atoms with E-state index < -0.39 is 0 Å². The molecule has 0 amide bonds. The normalized spacial score (nSPS) is 17.9. The Bertz CT molecular complexity index is 1200. The molecule has 1 saturated heterocycles. The van der Waals surface area contributed by atoms with Crippen LogP contribution < -0.4 is 15.4 Å². The lowest BCUT2D eigenvalue weighted by molar-refractivity contribution is 0.109. The number of aromatic nitrogens is 1. The van der Waals surface area contributed by atoms with Gasteiger partial charge in [0.2, 0.25) is 0 Å². The first-order valence-electron chi connectivity index (χ1n) is 13.1. The molecule has 0 bridgehead atoms. The fourth-order valence-electron chi connectivity index (χ4n) is 5.30. The number of nitrogens with zero attached hydrogens (tertiary/aromatic N) is 2. The van der Waals surface area contributed by atoms with Crippen molar-refractivity contribution in [1.82, 2.24) is 15.2 Å². The molecule has 0 unspecified atom stereocenters. The number of para-hydroxylation sites is 3. The van der Waals surface area contributed by atoms with Gasteiger partial charge in [0.15, 0.2) is 5.58 Å². The van der Waals surface area contributed by atoms with E-state index in [0.29, 0.717) is 18.1 Å². The van der Waals surface area contributed by atoms with E-state index in [1.165, 1.54) is 24.0 Å². The summed E-state index contributed by atoms with van der Waals surface area (Å²) < 4.78 is 11.4. The molecule has 2 N–H and O–H groups in total. The Labute approximate surface area is 225 Å². The van der Waals surface area contributed by atoms with Crippen molar-refractivity contribution in [2.75, 3.05) is 32.1 Å². The lowest BCUT2D eigenvalue weighted by Crippen LogP contribution is -2.48. The molecule has 1 aliphatic heterocycles. The zero-order valence-corrected chi connectivity index (χ0v) is 22.3. The molecule has 0 saturated carbocycles. The van der Waals surface area contributed by atoms with Crippen molar-refractivity contribution in [3.8, 4) is 5.75 Å². The van der Waals surface area contributed by atoms with E-state index in [2.05, 4.69) is 63.0 Å². The number of hydrogen-bond donors (Lipinski definition) is 2. The maximum atomic E-state index is 5.78. The van der Waals surface area contributed by atoms with Crippen molar-refractivity contribution in [1.29, 1.82) is 0 Å². The molecule has 2 atom stereocenters. The summed E-state index contributed by atoms with van der Waals surface area (Å²) in [7, 11) is 1.74. The quantitative estimate of drug-likeness (QED) is 0.222. The first-order valence-corrected chi connectivity index (χ1v) is 13.1. The summed E-state index contributed by atoms with van der Waals surface area (Å²) in [6, 6.07) is 28.5. The Balaban J connectivity index is 0.00000320. The average molecular weight is 521 g/mol. The van der Waals surface area contributed by atoms with Crippen LogP contribution in [0.2, 0.25) is 0 Å². The van der Waals surface area contributed by atoms with Crippen LogP contribution in [0, 0.1) is 0 Å². The van der Waals surface area contributed by atoms with Gasteiger partial charge < -0.3 is 19.8 Å². The summed E-state index contributed by atoms with van der Waals surface area (Å²) in [5, 5.41) is 7.22. The molecule has 7 heteroatoms. The van der Waals surface area contributed by atoms with Gasteiger partial charge in [-0.25, -0.2) is 0 Å². The zero-order chi connectivity index (χ0) is 24.6. The SMILES string of the molecule is COc1ccccc1CN[C@H]1CCCN(CCCCNc2nc3ccccc3o2)[C@H]1c1ccccc1.Cl. The third kappa shape index (κ3) is 6.83. The third-order valence-electron chi connectivity index (χ3n) is 7.07. The number of nitrogens with one attached hydrogen (secondary N) is 2. The third-order valence-corrected chi connectivity index (χ3v) is 7.07. The van der Waals surface area contributed by atoms with Gasteiger partial charge in [-0.05, 0) is 62.5 Å². The number of halogens is 1. The van der Waals surface area contributed by atoms with Gasteiger partial charge in [0.05, 0.1) is 13.2 Å². The van der Waals surface area contributed by atoms with Gasteiger partial charge in [0.1, 0.15) is 11.3 Å². The van der Waals surface area contributed by atoms with Gasteiger partial charge in [0, 0.05) is 24.7 Å². The molecule has 2 heterocycles. The Morgan fingerprint density at radius 2 is 1.76 bits per heavy atom. The number of oxazole rings is 1. The minimum absolute atomic E-state index is 0. The van der Waals surface area contributed by atoms with Crippen molar-refractivity contribution >= 4 is 29.5 Å². The Morgan fingerprint density at radius 3 is 2.59 bits per heavy atom. The highest BCUT2D eigenvalue weighted by Gasteiger charge is 2.32. The Hall–Kier alpha value is -3.06. The van der Waals surface area contributed by atoms with Crippen molar-refractivity contribution in [2.24, 2.45) is 0 Å². The fourth-order valence-corrected chi connectivity index (χ4v) is 5.30. The van der Waals surface area contributed by atoms with Crippen LogP contribution in [0.3, 0.4) is 0 Å².